The number of rotatable bonds is 2. The highest BCUT2D eigenvalue weighted by atomic mass is 16.3. The maximum absolute atomic E-state index is 12.5. The van der Waals surface area contributed by atoms with Crippen LogP contribution in [0.2, 0.25) is 0 Å². The average Bonchev–Trinajstić information content (AvgIpc) is 2.80. The normalized spacial score (nSPS) is 17.7. The molecular weight excluding hydrogens is 272 g/mol. The van der Waals surface area contributed by atoms with E-state index in [1.807, 2.05) is 11.0 Å². The molecular formula is C19H22N2O. The summed E-state index contributed by atoms with van der Waals surface area (Å²) in [5, 5.41) is 12.5. The van der Waals surface area contributed by atoms with Gasteiger partial charge in [-0.2, -0.15) is 0 Å². The highest BCUT2D eigenvalue weighted by Gasteiger charge is 2.27. The van der Waals surface area contributed by atoms with E-state index >= 15 is 0 Å². The Morgan fingerprint density at radius 1 is 0.864 bits per heavy atom. The van der Waals surface area contributed by atoms with E-state index in [2.05, 4.69) is 58.0 Å². The van der Waals surface area contributed by atoms with E-state index in [9.17, 15) is 5.11 Å². The molecule has 3 nitrogen and oxygen atoms in total. The van der Waals surface area contributed by atoms with Crippen molar-refractivity contribution < 1.29 is 10.0 Å². The smallest absolute Gasteiger partial charge is 0.165 e. The second-order valence-corrected chi connectivity index (χ2v) is 6.10. The van der Waals surface area contributed by atoms with Crippen molar-refractivity contribution >= 4 is 11.4 Å². The topological polar surface area (TPSA) is 30.7 Å². The summed E-state index contributed by atoms with van der Waals surface area (Å²) in [6.07, 6.45) is 1.79. The monoisotopic (exact) mass is 294 g/mol. The molecule has 0 aromatic heterocycles. The lowest BCUT2D eigenvalue weighted by molar-refractivity contribution is -0.768. The standard InChI is InChI=1S/C19H22N2O/c1-13-7-5-8-14(2)18(13)20-11-17(22)21(12-20)19-15(3)9-6-10-16(19)4/h5-11,22H,12H2,1-4H3. The third kappa shape index (κ3) is 2.38. The maximum atomic E-state index is 12.5. The first-order chi connectivity index (χ1) is 10.5. The quantitative estimate of drug-likeness (QED) is 0.919. The Hall–Kier alpha value is -2.26. The van der Waals surface area contributed by atoms with Crippen LogP contribution in [-0.4, -0.2) is 6.67 Å². The number of nitrogens with one attached hydrogen (secondary N) is 1. The lowest BCUT2D eigenvalue weighted by Gasteiger charge is -2.27. The van der Waals surface area contributed by atoms with Crippen molar-refractivity contribution in [3.8, 4) is 0 Å². The highest BCUT2D eigenvalue weighted by Crippen LogP contribution is 2.27. The van der Waals surface area contributed by atoms with Crippen molar-refractivity contribution in [2.45, 2.75) is 27.7 Å². The molecule has 1 heterocycles. The second kappa shape index (κ2) is 5.50. The summed E-state index contributed by atoms with van der Waals surface area (Å²) < 4.78 is 0. The number of anilines is 1. The summed E-state index contributed by atoms with van der Waals surface area (Å²) in [5.41, 5.74) is 6.99. The van der Waals surface area contributed by atoms with E-state index in [-0.39, 0.29) is 5.88 Å². The van der Waals surface area contributed by atoms with Gasteiger partial charge in [0.2, 0.25) is 0 Å². The third-order valence-corrected chi connectivity index (χ3v) is 4.40. The van der Waals surface area contributed by atoms with Gasteiger partial charge < -0.3 is 10.0 Å². The van der Waals surface area contributed by atoms with E-state index < -0.39 is 0 Å². The van der Waals surface area contributed by atoms with Crippen LogP contribution in [-0.2, 0) is 0 Å². The zero-order valence-electron chi connectivity index (χ0n) is 13.6. The second-order valence-electron chi connectivity index (χ2n) is 6.10. The van der Waals surface area contributed by atoms with E-state index in [4.69, 9.17) is 0 Å². The molecule has 1 N–H and O–H groups in total. The van der Waals surface area contributed by atoms with Gasteiger partial charge in [-0.1, -0.05) is 36.4 Å². The molecule has 0 fully saturated rings. The fourth-order valence-electron chi connectivity index (χ4n) is 3.41. The number of benzene rings is 2. The van der Waals surface area contributed by atoms with Crippen molar-refractivity contribution in [1.29, 1.82) is 0 Å². The molecule has 22 heavy (non-hydrogen) atoms. The first-order valence-electron chi connectivity index (χ1n) is 7.64. The average molecular weight is 294 g/mol. The Bertz CT molecular complexity index is 709. The van der Waals surface area contributed by atoms with E-state index in [0.29, 0.717) is 6.67 Å². The lowest BCUT2D eigenvalue weighted by Crippen LogP contribution is -3.02. The number of quaternary nitrogens is 1. The molecule has 1 atom stereocenters. The Labute approximate surface area is 132 Å². The van der Waals surface area contributed by atoms with Crippen LogP contribution in [0.4, 0.5) is 11.4 Å². The van der Waals surface area contributed by atoms with Crippen LogP contribution in [0.15, 0.2) is 48.5 Å². The summed E-state index contributed by atoms with van der Waals surface area (Å²) in [6, 6.07) is 12.4. The molecule has 0 spiro atoms. The molecule has 0 saturated carbocycles. The van der Waals surface area contributed by atoms with Gasteiger partial charge >= 0.3 is 0 Å². The third-order valence-electron chi connectivity index (χ3n) is 4.40. The zero-order chi connectivity index (χ0) is 15.9. The van der Waals surface area contributed by atoms with Gasteiger partial charge in [0.1, 0.15) is 11.9 Å². The predicted molar refractivity (Wildman–Crippen MR) is 87.9 cm³/mol. The number of hydrogen-bond acceptors (Lipinski definition) is 2. The number of para-hydroxylation sites is 2. The number of aryl methyl sites for hydroxylation is 4. The van der Waals surface area contributed by atoms with Crippen molar-refractivity contribution in [3.05, 3.63) is 70.7 Å². The van der Waals surface area contributed by atoms with Gasteiger partial charge in [-0.3, -0.25) is 4.90 Å². The molecule has 3 rings (SSSR count). The maximum Gasteiger partial charge on any atom is 0.165 e. The highest BCUT2D eigenvalue weighted by molar-refractivity contribution is 5.62. The Kier molecular flexibility index (Phi) is 3.67. The molecule has 0 bridgehead atoms. The molecule has 3 heteroatoms. The minimum Gasteiger partial charge on any atom is -0.856 e. The van der Waals surface area contributed by atoms with Crippen LogP contribution >= 0.6 is 0 Å². The largest absolute Gasteiger partial charge is 0.856 e. The first-order valence-corrected chi connectivity index (χ1v) is 7.64. The van der Waals surface area contributed by atoms with Gasteiger partial charge in [0.25, 0.3) is 0 Å². The van der Waals surface area contributed by atoms with E-state index in [1.54, 1.807) is 6.20 Å². The minimum atomic E-state index is 0.0788. The van der Waals surface area contributed by atoms with E-state index in [0.717, 1.165) is 21.7 Å². The van der Waals surface area contributed by atoms with Gasteiger partial charge in [0, 0.05) is 17.0 Å². The molecule has 2 aromatic rings. The van der Waals surface area contributed by atoms with Gasteiger partial charge in [0.05, 0.1) is 5.69 Å². The van der Waals surface area contributed by atoms with Crippen LogP contribution in [0.1, 0.15) is 22.3 Å². The molecule has 1 aliphatic heterocycles. The number of hydrogen-bond donors (Lipinski definition) is 1. The van der Waals surface area contributed by atoms with Gasteiger partial charge in [-0.15, -0.1) is 0 Å². The SMILES string of the molecule is Cc1cccc(C)c1N1C[NH+](c2c(C)cccc2C)C=C1[O-]. The molecule has 2 aromatic carbocycles. The van der Waals surface area contributed by atoms with Crippen molar-refractivity contribution in [1.82, 2.24) is 0 Å². The fourth-order valence-corrected chi connectivity index (χ4v) is 3.41. The number of nitrogens with zero attached hydrogens (tertiary/aromatic N) is 1. The summed E-state index contributed by atoms with van der Waals surface area (Å²) in [7, 11) is 0. The Morgan fingerprint density at radius 2 is 1.36 bits per heavy atom. The Morgan fingerprint density at radius 3 is 1.91 bits per heavy atom. The minimum absolute atomic E-state index is 0.0788. The molecule has 0 saturated heterocycles. The summed E-state index contributed by atoms with van der Waals surface area (Å²) in [5.74, 6) is 0.0788. The summed E-state index contributed by atoms with van der Waals surface area (Å²) in [4.78, 5) is 3.01. The van der Waals surface area contributed by atoms with Gasteiger partial charge in [-0.05, 0) is 38.8 Å². The van der Waals surface area contributed by atoms with Crippen molar-refractivity contribution in [2.24, 2.45) is 0 Å². The fraction of sp³-hybridized carbons (Fsp3) is 0.263. The van der Waals surface area contributed by atoms with E-state index in [1.165, 1.54) is 16.8 Å². The zero-order valence-corrected chi connectivity index (χ0v) is 13.6. The molecule has 0 radical (unpaired) electrons. The molecule has 0 aliphatic carbocycles. The van der Waals surface area contributed by atoms with Crippen molar-refractivity contribution in [2.75, 3.05) is 11.6 Å². The molecule has 0 amide bonds. The first kappa shape index (κ1) is 14.7. The summed E-state index contributed by atoms with van der Waals surface area (Å²) in [6.45, 7) is 8.99. The molecule has 1 unspecified atom stereocenters. The van der Waals surface area contributed by atoms with Gasteiger partial charge in [0.15, 0.2) is 6.67 Å². The van der Waals surface area contributed by atoms with Crippen LogP contribution in [0.3, 0.4) is 0 Å². The van der Waals surface area contributed by atoms with Gasteiger partial charge in [-0.25, -0.2) is 0 Å². The summed E-state index contributed by atoms with van der Waals surface area (Å²) >= 11 is 0. The van der Waals surface area contributed by atoms with Crippen LogP contribution in [0.25, 0.3) is 0 Å². The molecule has 1 aliphatic rings. The Balaban J connectivity index is 2.00. The lowest BCUT2D eigenvalue weighted by atomic mass is 10.1. The molecule has 114 valence electrons. The van der Waals surface area contributed by atoms with Crippen LogP contribution < -0.4 is 14.9 Å². The van der Waals surface area contributed by atoms with Crippen molar-refractivity contribution in [3.63, 3.8) is 0 Å². The predicted octanol–water partition coefficient (Wildman–Crippen LogP) is 2.07. The van der Waals surface area contributed by atoms with Crippen LogP contribution in [0.5, 0.6) is 0 Å². The van der Waals surface area contributed by atoms with Crippen LogP contribution in [0, 0.1) is 27.7 Å².